The molecule has 11 heavy (non-hydrogen) atoms. The number of hydrogen-bond donors (Lipinski definition) is 1. The zero-order chi connectivity index (χ0) is 8.20. The largest absolute Gasteiger partial charge is 0.384 e. The third-order valence-corrected chi connectivity index (χ3v) is 1.85. The first-order valence-electron chi connectivity index (χ1n) is 3.71. The van der Waals surface area contributed by atoms with Crippen LogP contribution < -0.4 is 0 Å². The molecule has 0 rings (SSSR count). The normalized spacial score (nSPS) is 17.0. The van der Waals surface area contributed by atoms with E-state index in [0.717, 1.165) is 18.6 Å². The van der Waals surface area contributed by atoms with Crippen LogP contribution >= 0.6 is 0 Å². The van der Waals surface area contributed by atoms with Gasteiger partial charge in [-0.3, -0.25) is 4.99 Å². The Morgan fingerprint density at radius 3 is 2.27 bits per heavy atom. The summed E-state index contributed by atoms with van der Waals surface area (Å²) in [6.45, 7) is 5.71. The molecule has 0 amide bonds. The van der Waals surface area contributed by atoms with Gasteiger partial charge in [0.2, 0.25) is 0 Å². The van der Waals surface area contributed by atoms with Crippen molar-refractivity contribution in [2.45, 2.75) is 39.2 Å². The second-order valence-corrected chi connectivity index (χ2v) is 2.83. The third kappa shape index (κ3) is 5.26. The Kier molecular flexibility index (Phi) is 8.56. The molecule has 1 N–H and O–H groups in total. The minimum atomic E-state index is -0.691. The maximum atomic E-state index is 9.65. The van der Waals surface area contributed by atoms with Crippen molar-refractivity contribution < 1.29 is 45.9 Å². The van der Waals surface area contributed by atoms with Crippen LogP contribution in [-0.4, -0.2) is 23.5 Å². The van der Waals surface area contributed by atoms with Crippen molar-refractivity contribution in [2.75, 3.05) is 7.05 Å². The SMILES string of the molecule is CCCC(C)(O)C(C)=NC.[Nd]. The fraction of sp³-hybridized carbons (Fsp3) is 0.875. The van der Waals surface area contributed by atoms with Gasteiger partial charge in [-0.05, 0) is 20.3 Å². The summed E-state index contributed by atoms with van der Waals surface area (Å²) in [5.41, 5.74) is 0.123. The summed E-state index contributed by atoms with van der Waals surface area (Å²) in [6.07, 6.45) is 1.77. The van der Waals surface area contributed by atoms with E-state index in [1.54, 1.807) is 14.0 Å². The molecule has 2 nitrogen and oxygen atoms in total. The van der Waals surface area contributed by atoms with Crippen molar-refractivity contribution in [1.29, 1.82) is 0 Å². The van der Waals surface area contributed by atoms with Gasteiger partial charge in [0.05, 0.1) is 5.60 Å². The molecule has 0 saturated heterocycles. The molecule has 0 aliphatic carbocycles. The average Bonchev–Trinajstić information content (AvgIpc) is 1.86. The molecule has 0 bridgehead atoms. The van der Waals surface area contributed by atoms with Crippen LogP contribution in [0, 0.1) is 40.8 Å². The van der Waals surface area contributed by atoms with E-state index >= 15 is 0 Å². The summed E-state index contributed by atoms with van der Waals surface area (Å²) in [7, 11) is 1.71. The van der Waals surface area contributed by atoms with E-state index < -0.39 is 5.60 Å². The van der Waals surface area contributed by atoms with Gasteiger partial charge < -0.3 is 5.11 Å². The van der Waals surface area contributed by atoms with Crippen LogP contribution in [0.2, 0.25) is 0 Å². The van der Waals surface area contributed by atoms with Crippen molar-refractivity contribution in [3.8, 4) is 0 Å². The first-order valence-corrected chi connectivity index (χ1v) is 3.71. The molecule has 1 unspecified atom stereocenters. The van der Waals surface area contributed by atoms with Crippen molar-refractivity contribution in [3.05, 3.63) is 0 Å². The molecule has 0 aliphatic rings. The number of hydrogen-bond acceptors (Lipinski definition) is 2. The number of nitrogens with zero attached hydrogens (tertiary/aromatic N) is 1. The second kappa shape index (κ2) is 6.49. The molecule has 0 radical (unpaired) electrons. The molecule has 3 heteroatoms. The van der Waals surface area contributed by atoms with Gasteiger partial charge in [-0.1, -0.05) is 13.3 Å². The van der Waals surface area contributed by atoms with Crippen molar-refractivity contribution in [3.63, 3.8) is 0 Å². The Morgan fingerprint density at radius 2 is 2.00 bits per heavy atom. The number of rotatable bonds is 3. The fourth-order valence-electron chi connectivity index (χ4n) is 0.909. The summed E-state index contributed by atoms with van der Waals surface area (Å²) in [5, 5.41) is 9.65. The molecule has 1 atom stereocenters. The Hall–Kier alpha value is 0.981. The van der Waals surface area contributed by atoms with Gasteiger partial charge >= 0.3 is 0 Å². The Labute approximate surface area is 102 Å². The standard InChI is InChI=1S/C8H17NO.Nd/c1-5-6-8(3,10)7(2)9-4;/h10H,5-6H2,1-4H3;. The molecule has 0 fully saturated rings. The molecule has 0 heterocycles. The molecule has 0 aromatic rings. The van der Waals surface area contributed by atoms with E-state index in [9.17, 15) is 5.11 Å². The van der Waals surface area contributed by atoms with E-state index in [-0.39, 0.29) is 40.8 Å². The van der Waals surface area contributed by atoms with E-state index in [1.165, 1.54) is 0 Å². The Morgan fingerprint density at radius 1 is 1.55 bits per heavy atom. The van der Waals surface area contributed by atoms with Crippen LogP contribution in [0.4, 0.5) is 0 Å². The summed E-state index contributed by atoms with van der Waals surface area (Å²) in [4.78, 5) is 3.95. The van der Waals surface area contributed by atoms with E-state index in [1.807, 2.05) is 6.92 Å². The van der Waals surface area contributed by atoms with Crippen LogP contribution in [0.5, 0.6) is 0 Å². The van der Waals surface area contributed by atoms with Gasteiger partial charge in [0, 0.05) is 53.6 Å². The van der Waals surface area contributed by atoms with Gasteiger partial charge in [-0.2, -0.15) is 0 Å². The first-order chi connectivity index (χ1) is 4.54. The fourth-order valence-corrected chi connectivity index (χ4v) is 0.909. The van der Waals surface area contributed by atoms with Gasteiger partial charge in [0.1, 0.15) is 0 Å². The zero-order valence-electron chi connectivity index (χ0n) is 7.81. The maximum absolute atomic E-state index is 9.65. The molecule has 64 valence electrons. The predicted molar refractivity (Wildman–Crippen MR) is 44.6 cm³/mol. The predicted octanol–water partition coefficient (Wildman–Crippen LogP) is 1.63. The monoisotopic (exact) mass is 285 g/mol. The molecule has 0 aromatic carbocycles. The van der Waals surface area contributed by atoms with Crippen molar-refractivity contribution >= 4 is 5.71 Å². The van der Waals surface area contributed by atoms with Crippen LogP contribution in [0.1, 0.15) is 33.6 Å². The second-order valence-electron chi connectivity index (χ2n) is 2.83. The molecule has 0 aliphatic heterocycles. The van der Waals surface area contributed by atoms with Crippen molar-refractivity contribution in [1.82, 2.24) is 0 Å². The van der Waals surface area contributed by atoms with E-state index in [2.05, 4.69) is 11.9 Å². The Balaban J connectivity index is 0. The van der Waals surface area contributed by atoms with Gasteiger partial charge in [-0.25, -0.2) is 0 Å². The first kappa shape index (κ1) is 14.5. The topological polar surface area (TPSA) is 32.6 Å². The summed E-state index contributed by atoms with van der Waals surface area (Å²) in [6, 6.07) is 0. The molecular weight excluding hydrogens is 270 g/mol. The summed E-state index contributed by atoms with van der Waals surface area (Å²) in [5.74, 6) is 0. The smallest absolute Gasteiger partial charge is 0.0991 e. The minimum Gasteiger partial charge on any atom is -0.384 e. The summed E-state index contributed by atoms with van der Waals surface area (Å²) >= 11 is 0. The van der Waals surface area contributed by atoms with Crippen LogP contribution in [-0.2, 0) is 0 Å². The maximum Gasteiger partial charge on any atom is 0.0991 e. The summed E-state index contributed by atoms with van der Waals surface area (Å²) < 4.78 is 0. The van der Waals surface area contributed by atoms with Gasteiger partial charge in [-0.15, -0.1) is 0 Å². The minimum absolute atomic E-state index is 0. The molecular formula is C8H17NNdO. The third-order valence-electron chi connectivity index (χ3n) is 1.85. The van der Waals surface area contributed by atoms with Gasteiger partial charge in [0.25, 0.3) is 0 Å². The quantitative estimate of drug-likeness (QED) is 0.786. The number of aliphatic imine (C=N–C) groups is 1. The Bertz CT molecular complexity index is 132. The number of aliphatic hydroxyl groups is 1. The van der Waals surface area contributed by atoms with Crippen LogP contribution in [0.3, 0.4) is 0 Å². The van der Waals surface area contributed by atoms with Crippen LogP contribution in [0.25, 0.3) is 0 Å². The average molecular weight is 287 g/mol. The molecule has 0 saturated carbocycles. The van der Waals surface area contributed by atoms with E-state index in [0.29, 0.717) is 0 Å². The van der Waals surface area contributed by atoms with Crippen LogP contribution in [0.15, 0.2) is 4.99 Å². The molecule has 0 aromatic heterocycles. The van der Waals surface area contributed by atoms with Crippen molar-refractivity contribution in [2.24, 2.45) is 4.99 Å². The van der Waals surface area contributed by atoms with Gasteiger partial charge in [0.15, 0.2) is 0 Å². The zero-order valence-corrected chi connectivity index (χ0v) is 11.0. The molecule has 0 spiro atoms. The van der Waals surface area contributed by atoms with E-state index in [4.69, 9.17) is 0 Å².